The zero-order valence-corrected chi connectivity index (χ0v) is 19.0. The lowest BCUT2D eigenvalue weighted by Crippen LogP contribution is -2.41. The highest BCUT2D eigenvalue weighted by Gasteiger charge is 2.31. The summed E-state index contributed by atoms with van der Waals surface area (Å²) < 4.78 is 30.1. The third-order valence-corrected chi connectivity index (χ3v) is 9.20. The van der Waals surface area contributed by atoms with Crippen molar-refractivity contribution >= 4 is 37.5 Å². The first kappa shape index (κ1) is 21.5. The Morgan fingerprint density at radius 1 is 1.10 bits per heavy atom. The van der Waals surface area contributed by atoms with Crippen molar-refractivity contribution in [2.45, 2.75) is 69.4 Å². The fraction of sp³-hybridized carbons (Fsp3) is 0.619. The van der Waals surface area contributed by atoms with Crippen molar-refractivity contribution in [1.82, 2.24) is 13.8 Å². The Hall–Kier alpha value is -1.71. The Labute approximate surface area is 181 Å². The predicted octanol–water partition coefficient (Wildman–Crippen LogP) is 3.03. The van der Waals surface area contributed by atoms with Crippen LogP contribution < -0.4 is 4.87 Å². The van der Waals surface area contributed by atoms with E-state index >= 15 is 0 Å². The average Bonchev–Trinajstić information content (AvgIpc) is 3.07. The van der Waals surface area contributed by atoms with Gasteiger partial charge in [-0.3, -0.25) is 14.2 Å². The van der Waals surface area contributed by atoms with E-state index in [9.17, 15) is 18.0 Å². The molecule has 9 heteroatoms. The third kappa shape index (κ3) is 4.20. The van der Waals surface area contributed by atoms with Crippen LogP contribution in [0.2, 0.25) is 0 Å². The molecule has 2 saturated heterocycles. The van der Waals surface area contributed by atoms with Crippen LogP contribution in [0.3, 0.4) is 0 Å². The second kappa shape index (κ2) is 8.80. The van der Waals surface area contributed by atoms with Gasteiger partial charge in [-0.2, -0.15) is 4.31 Å². The molecule has 0 N–H and O–H groups in total. The molecular formula is C21H29N3O4S2. The van der Waals surface area contributed by atoms with E-state index < -0.39 is 10.0 Å². The molecule has 1 aromatic carbocycles. The fourth-order valence-electron chi connectivity index (χ4n) is 4.49. The topological polar surface area (TPSA) is 79.7 Å². The zero-order valence-electron chi connectivity index (χ0n) is 17.4. The van der Waals surface area contributed by atoms with Crippen molar-refractivity contribution in [1.29, 1.82) is 0 Å². The van der Waals surface area contributed by atoms with Crippen molar-refractivity contribution in [3.8, 4) is 0 Å². The number of aryl methyl sites for hydroxylation is 1. The number of amides is 1. The molecule has 2 aromatic rings. The highest BCUT2D eigenvalue weighted by Crippen LogP contribution is 2.28. The minimum absolute atomic E-state index is 0.0106. The smallest absolute Gasteiger partial charge is 0.308 e. The first-order chi connectivity index (χ1) is 14.4. The minimum Gasteiger partial charge on any atom is -0.343 e. The van der Waals surface area contributed by atoms with E-state index in [1.165, 1.54) is 6.42 Å². The maximum Gasteiger partial charge on any atom is 0.308 e. The molecule has 3 heterocycles. The lowest BCUT2D eigenvalue weighted by Gasteiger charge is -2.32. The molecule has 0 unspecified atom stereocenters. The summed E-state index contributed by atoms with van der Waals surface area (Å²) in [7, 11) is -3.58. The second-order valence-electron chi connectivity index (χ2n) is 8.30. The van der Waals surface area contributed by atoms with E-state index in [0.717, 1.165) is 56.5 Å². The van der Waals surface area contributed by atoms with Gasteiger partial charge in [-0.05, 0) is 57.2 Å². The van der Waals surface area contributed by atoms with Crippen LogP contribution >= 0.6 is 11.3 Å². The van der Waals surface area contributed by atoms with Crippen LogP contribution in [-0.2, 0) is 21.4 Å². The molecule has 1 atom stereocenters. The van der Waals surface area contributed by atoms with Gasteiger partial charge in [0.15, 0.2) is 0 Å². The van der Waals surface area contributed by atoms with E-state index in [0.29, 0.717) is 23.3 Å². The van der Waals surface area contributed by atoms with E-state index in [-0.39, 0.29) is 28.1 Å². The normalized spacial score (nSPS) is 21.2. The molecule has 2 aliphatic rings. The lowest BCUT2D eigenvalue weighted by atomic mass is 10.1. The summed E-state index contributed by atoms with van der Waals surface area (Å²) in [5.74, 6) is 0.0826. The molecule has 4 rings (SSSR count). The van der Waals surface area contributed by atoms with Gasteiger partial charge in [0, 0.05) is 38.6 Å². The van der Waals surface area contributed by atoms with Crippen LogP contribution in [0, 0.1) is 0 Å². The summed E-state index contributed by atoms with van der Waals surface area (Å²) in [5.41, 5.74) is 0.696. The number of sulfonamides is 1. The largest absolute Gasteiger partial charge is 0.343 e. The van der Waals surface area contributed by atoms with Crippen LogP contribution in [0.25, 0.3) is 10.2 Å². The molecule has 2 aliphatic heterocycles. The van der Waals surface area contributed by atoms with E-state index in [1.807, 2.05) is 11.8 Å². The number of thiazole rings is 1. The number of hydrogen-bond acceptors (Lipinski definition) is 5. The molecule has 2 fully saturated rings. The van der Waals surface area contributed by atoms with Crippen molar-refractivity contribution in [3.63, 3.8) is 0 Å². The highest BCUT2D eigenvalue weighted by molar-refractivity contribution is 7.89. The van der Waals surface area contributed by atoms with Crippen LogP contribution in [0.5, 0.6) is 0 Å². The molecule has 0 aliphatic carbocycles. The first-order valence-corrected chi connectivity index (χ1v) is 13.1. The number of carbonyl (C=O) groups is 1. The molecule has 0 radical (unpaired) electrons. The van der Waals surface area contributed by atoms with Gasteiger partial charge in [-0.15, -0.1) is 0 Å². The fourth-order valence-corrected chi connectivity index (χ4v) is 7.25. The predicted molar refractivity (Wildman–Crippen MR) is 118 cm³/mol. The van der Waals surface area contributed by atoms with Crippen LogP contribution in [0.4, 0.5) is 0 Å². The molecule has 0 saturated carbocycles. The Kier molecular flexibility index (Phi) is 6.31. The molecule has 164 valence electrons. The number of fused-ring (bicyclic) bond motifs is 1. The third-order valence-electron chi connectivity index (χ3n) is 6.25. The molecule has 0 bridgehead atoms. The van der Waals surface area contributed by atoms with Gasteiger partial charge in [-0.25, -0.2) is 8.42 Å². The molecular weight excluding hydrogens is 422 g/mol. The molecule has 0 spiro atoms. The second-order valence-corrected chi connectivity index (χ2v) is 11.2. The number of aromatic nitrogens is 1. The van der Waals surface area contributed by atoms with E-state index in [1.54, 1.807) is 27.1 Å². The molecule has 1 amide bonds. The van der Waals surface area contributed by atoms with Gasteiger partial charge in [-0.1, -0.05) is 17.8 Å². The van der Waals surface area contributed by atoms with Crippen molar-refractivity contribution in [2.24, 2.45) is 0 Å². The number of hydrogen-bond donors (Lipinski definition) is 0. The van der Waals surface area contributed by atoms with Gasteiger partial charge >= 0.3 is 4.87 Å². The highest BCUT2D eigenvalue weighted by atomic mass is 32.2. The average molecular weight is 452 g/mol. The monoisotopic (exact) mass is 451 g/mol. The standard InChI is InChI=1S/C21H29N3O4S2/c1-16-7-3-6-13-24(16)30(27,28)17-8-9-18-19(15-17)29-21(26)23(18)14-10-20(25)22-11-4-2-5-12-22/h8-9,15-16H,2-7,10-14H2,1H3/t16-/m0/s1. The van der Waals surface area contributed by atoms with Crippen LogP contribution in [0.15, 0.2) is 27.9 Å². The van der Waals surface area contributed by atoms with Gasteiger partial charge in [0.25, 0.3) is 0 Å². The summed E-state index contributed by atoms with van der Waals surface area (Å²) >= 11 is 1.04. The van der Waals surface area contributed by atoms with Gasteiger partial charge in [0.1, 0.15) is 0 Å². The number of rotatable bonds is 5. The minimum atomic E-state index is -3.58. The van der Waals surface area contributed by atoms with Gasteiger partial charge in [0.05, 0.1) is 15.1 Å². The molecule has 30 heavy (non-hydrogen) atoms. The summed E-state index contributed by atoms with van der Waals surface area (Å²) in [6.45, 7) is 4.41. The number of piperidine rings is 2. The summed E-state index contributed by atoms with van der Waals surface area (Å²) in [6, 6.07) is 4.90. The Morgan fingerprint density at radius 3 is 2.57 bits per heavy atom. The van der Waals surface area contributed by atoms with Crippen molar-refractivity contribution in [3.05, 3.63) is 27.9 Å². The Balaban J connectivity index is 1.55. The summed E-state index contributed by atoms with van der Waals surface area (Å²) in [5, 5.41) is 0. The zero-order chi connectivity index (χ0) is 21.3. The van der Waals surface area contributed by atoms with Gasteiger partial charge < -0.3 is 4.90 Å². The van der Waals surface area contributed by atoms with Gasteiger partial charge in [0.2, 0.25) is 15.9 Å². The number of nitrogens with zero attached hydrogens (tertiary/aromatic N) is 3. The van der Waals surface area contributed by atoms with Crippen molar-refractivity contribution < 1.29 is 13.2 Å². The van der Waals surface area contributed by atoms with E-state index in [4.69, 9.17) is 0 Å². The SMILES string of the molecule is C[C@H]1CCCCN1S(=O)(=O)c1ccc2c(c1)sc(=O)n2CCC(=O)N1CCCCC1. The Morgan fingerprint density at radius 2 is 1.83 bits per heavy atom. The number of benzene rings is 1. The maximum absolute atomic E-state index is 13.1. The Bertz CT molecular complexity index is 1080. The number of carbonyl (C=O) groups excluding carboxylic acids is 1. The van der Waals surface area contributed by atoms with Crippen LogP contribution in [0.1, 0.15) is 51.9 Å². The molecule has 1 aromatic heterocycles. The van der Waals surface area contributed by atoms with E-state index in [2.05, 4.69) is 0 Å². The maximum atomic E-state index is 13.1. The summed E-state index contributed by atoms with van der Waals surface area (Å²) in [4.78, 5) is 27.0. The number of likely N-dealkylation sites (tertiary alicyclic amines) is 1. The molecule has 7 nitrogen and oxygen atoms in total. The lowest BCUT2D eigenvalue weighted by molar-refractivity contribution is -0.132. The van der Waals surface area contributed by atoms with Crippen molar-refractivity contribution in [2.75, 3.05) is 19.6 Å². The van der Waals surface area contributed by atoms with Crippen LogP contribution in [-0.4, -0.2) is 53.8 Å². The quantitative estimate of drug-likeness (QED) is 0.700. The summed E-state index contributed by atoms with van der Waals surface area (Å²) in [6.07, 6.45) is 6.33. The first-order valence-electron chi connectivity index (χ1n) is 10.8.